The second-order valence-electron chi connectivity index (χ2n) is 5.65. The summed E-state index contributed by atoms with van der Waals surface area (Å²) in [5, 5.41) is 0. The average molecular weight is 269 g/mol. The summed E-state index contributed by atoms with van der Waals surface area (Å²) >= 11 is 0. The Labute approximate surface area is 118 Å². The number of hydrogen-bond donors (Lipinski definition) is 0. The third-order valence-electron chi connectivity index (χ3n) is 4.50. The molecular weight excluding hydrogens is 238 g/mol. The molecule has 0 aliphatic heterocycles. The largest absolute Gasteiger partial charge is 0.466 e. The number of carbonyl (C=O) groups is 1. The minimum absolute atomic E-state index is 0.0185. The van der Waals surface area contributed by atoms with E-state index in [1.807, 2.05) is 6.92 Å². The molecule has 0 bridgehead atoms. The predicted molar refractivity (Wildman–Crippen MR) is 79.2 cm³/mol. The quantitative estimate of drug-likeness (QED) is 0.688. The minimum atomic E-state index is -0.0185. The smallest absolute Gasteiger partial charge is 0.307 e. The molecule has 0 heterocycles. The molecule has 0 saturated heterocycles. The zero-order valence-electron chi connectivity index (χ0n) is 13.0. The summed E-state index contributed by atoms with van der Waals surface area (Å²) in [7, 11) is 0. The normalized spacial score (nSPS) is 19.8. The van der Waals surface area contributed by atoms with Crippen LogP contribution in [0.2, 0.25) is 0 Å². The Kier molecular flexibility index (Phi) is 7.44. The van der Waals surface area contributed by atoms with E-state index < -0.39 is 0 Å². The molecule has 0 spiro atoms. The molecule has 0 aromatic heterocycles. The number of esters is 1. The third-order valence-corrected chi connectivity index (χ3v) is 4.50. The van der Waals surface area contributed by atoms with Gasteiger partial charge in [0.05, 0.1) is 13.0 Å². The minimum Gasteiger partial charge on any atom is -0.466 e. The van der Waals surface area contributed by atoms with Crippen LogP contribution in [0.1, 0.15) is 72.1 Å². The van der Waals surface area contributed by atoms with Crippen molar-refractivity contribution in [2.75, 3.05) is 19.7 Å². The van der Waals surface area contributed by atoms with Crippen LogP contribution >= 0.6 is 0 Å². The van der Waals surface area contributed by atoms with Gasteiger partial charge >= 0.3 is 5.97 Å². The molecule has 1 aliphatic carbocycles. The Balaban J connectivity index is 2.82. The zero-order chi connectivity index (χ0) is 14.1. The molecule has 1 rings (SSSR count). The summed E-state index contributed by atoms with van der Waals surface area (Å²) in [4.78, 5) is 14.5. The highest BCUT2D eigenvalue weighted by atomic mass is 16.5. The van der Waals surface area contributed by atoms with E-state index in [4.69, 9.17) is 4.74 Å². The molecule has 112 valence electrons. The highest BCUT2D eigenvalue weighted by Gasteiger charge is 2.37. The van der Waals surface area contributed by atoms with Gasteiger partial charge in [-0.1, -0.05) is 46.0 Å². The molecular formula is C16H31NO2. The van der Waals surface area contributed by atoms with Crippen LogP contribution in [0, 0.1) is 0 Å². The van der Waals surface area contributed by atoms with Crippen LogP contribution in [-0.4, -0.2) is 36.1 Å². The summed E-state index contributed by atoms with van der Waals surface area (Å²) in [5.74, 6) is -0.0185. The molecule has 1 aliphatic rings. The van der Waals surface area contributed by atoms with Gasteiger partial charge in [-0.25, -0.2) is 0 Å². The maximum absolute atomic E-state index is 12.0. The fourth-order valence-electron chi connectivity index (χ4n) is 3.54. The monoisotopic (exact) mass is 269 g/mol. The Morgan fingerprint density at radius 3 is 2.00 bits per heavy atom. The molecule has 0 aromatic carbocycles. The number of ether oxygens (including phenoxy) is 1. The topological polar surface area (TPSA) is 29.5 Å². The Hall–Kier alpha value is -0.570. The maximum atomic E-state index is 12.0. The van der Waals surface area contributed by atoms with E-state index in [-0.39, 0.29) is 11.5 Å². The molecule has 0 amide bonds. The number of hydrogen-bond acceptors (Lipinski definition) is 3. The van der Waals surface area contributed by atoms with Gasteiger partial charge in [0, 0.05) is 5.54 Å². The molecule has 3 nitrogen and oxygen atoms in total. The van der Waals surface area contributed by atoms with Crippen LogP contribution in [0.5, 0.6) is 0 Å². The summed E-state index contributed by atoms with van der Waals surface area (Å²) < 4.78 is 5.22. The van der Waals surface area contributed by atoms with E-state index >= 15 is 0 Å². The third kappa shape index (κ3) is 4.79. The molecule has 0 N–H and O–H groups in total. The van der Waals surface area contributed by atoms with Gasteiger partial charge in [0.15, 0.2) is 0 Å². The second kappa shape index (κ2) is 8.57. The molecule has 1 fully saturated rings. The van der Waals surface area contributed by atoms with Crippen molar-refractivity contribution < 1.29 is 9.53 Å². The van der Waals surface area contributed by atoms with E-state index in [0.717, 1.165) is 25.9 Å². The molecule has 0 atom stereocenters. The predicted octanol–water partition coefficient (Wildman–Crippen LogP) is 3.76. The van der Waals surface area contributed by atoms with Gasteiger partial charge in [0.2, 0.25) is 0 Å². The highest BCUT2D eigenvalue weighted by molar-refractivity contribution is 5.70. The first-order valence-corrected chi connectivity index (χ1v) is 8.09. The van der Waals surface area contributed by atoms with Gasteiger partial charge in [-0.3, -0.25) is 9.69 Å². The maximum Gasteiger partial charge on any atom is 0.307 e. The van der Waals surface area contributed by atoms with Gasteiger partial charge in [-0.15, -0.1) is 0 Å². The van der Waals surface area contributed by atoms with Crippen LogP contribution in [0.3, 0.4) is 0 Å². The van der Waals surface area contributed by atoms with Crippen molar-refractivity contribution >= 4 is 5.97 Å². The van der Waals surface area contributed by atoms with Crippen molar-refractivity contribution in [3.8, 4) is 0 Å². The lowest BCUT2D eigenvalue weighted by Gasteiger charge is -2.44. The van der Waals surface area contributed by atoms with Crippen LogP contribution in [-0.2, 0) is 9.53 Å². The van der Waals surface area contributed by atoms with Gasteiger partial charge in [0.25, 0.3) is 0 Å². The number of carbonyl (C=O) groups excluding carboxylic acids is 1. The Bertz CT molecular complexity index is 253. The molecule has 19 heavy (non-hydrogen) atoms. The zero-order valence-corrected chi connectivity index (χ0v) is 13.0. The summed E-state index contributed by atoms with van der Waals surface area (Å²) in [5.41, 5.74) is 0.0518. The van der Waals surface area contributed by atoms with Crippen molar-refractivity contribution in [1.82, 2.24) is 4.90 Å². The summed E-state index contributed by atoms with van der Waals surface area (Å²) in [6.07, 6.45) is 9.33. The lowest BCUT2D eigenvalue weighted by atomic mass is 9.80. The molecule has 0 unspecified atom stereocenters. The van der Waals surface area contributed by atoms with E-state index in [2.05, 4.69) is 18.7 Å². The van der Waals surface area contributed by atoms with Crippen LogP contribution in [0.15, 0.2) is 0 Å². The fourth-order valence-corrected chi connectivity index (χ4v) is 3.54. The van der Waals surface area contributed by atoms with Crippen LogP contribution in [0.4, 0.5) is 0 Å². The average Bonchev–Trinajstić information content (AvgIpc) is 2.35. The van der Waals surface area contributed by atoms with Crippen molar-refractivity contribution in [2.24, 2.45) is 0 Å². The Morgan fingerprint density at radius 2 is 1.53 bits per heavy atom. The lowest BCUT2D eigenvalue weighted by molar-refractivity contribution is -0.147. The van der Waals surface area contributed by atoms with Crippen molar-refractivity contribution in [3.63, 3.8) is 0 Å². The van der Waals surface area contributed by atoms with Gasteiger partial charge in [-0.2, -0.15) is 0 Å². The second-order valence-corrected chi connectivity index (χ2v) is 5.65. The van der Waals surface area contributed by atoms with Gasteiger partial charge in [0.1, 0.15) is 0 Å². The number of rotatable bonds is 6. The van der Waals surface area contributed by atoms with Crippen molar-refractivity contribution in [3.05, 3.63) is 0 Å². The molecule has 1 saturated carbocycles. The number of nitrogens with zero attached hydrogens (tertiary/aromatic N) is 1. The lowest BCUT2D eigenvalue weighted by Crippen LogP contribution is -2.50. The van der Waals surface area contributed by atoms with Crippen molar-refractivity contribution in [2.45, 2.75) is 77.7 Å². The van der Waals surface area contributed by atoms with E-state index in [0.29, 0.717) is 13.0 Å². The summed E-state index contributed by atoms with van der Waals surface area (Å²) in [6.45, 7) is 8.84. The summed E-state index contributed by atoms with van der Waals surface area (Å²) in [6, 6.07) is 0. The van der Waals surface area contributed by atoms with Gasteiger partial charge in [-0.05, 0) is 32.9 Å². The van der Waals surface area contributed by atoms with Gasteiger partial charge < -0.3 is 4.74 Å². The van der Waals surface area contributed by atoms with E-state index in [9.17, 15) is 4.79 Å². The fraction of sp³-hybridized carbons (Fsp3) is 0.938. The standard InChI is InChI=1S/C16H31NO2/c1-4-17(5-2)16(14-15(18)19-6-3)12-10-8-7-9-11-13-16/h4-14H2,1-3H3. The van der Waals surface area contributed by atoms with Crippen LogP contribution in [0.25, 0.3) is 0 Å². The van der Waals surface area contributed by atoms with E-state index in [1.54, 1.807) is 0 Å². The highest BCUT2D eigenvalue weighted by Crippen LogP contribution is 2.35. The van der Waals surface area contributed by atoms with Crippen LogP contribution < -0.4 is 0 Å². The molecule has 0 radical (unpaired) electrons. The SMILES string of the molecule is CCOC(=O)CC1(N(CC)CC)CCCCCCC1. The first-order chi connectivity index (χ1) is 9.18. The molecule has 3 heteroatoms. The first-order valence-electron chi connectivity index (χ1n) is 8.09. The first kappa shape index (κ1) is 16.5. The molecule has 0 aromatic rings. The van der Waals surface area contributed by atoms with Crippen molar-refractivity contribution in [1.29, 1.82) is 0 Å². The van der Waals surface area contributed by atoms with E-state index in [1.165, 1.54) is 32.1 Å². The Morgan fingerprint density at radius 1 is 1.00 bits per heavy atom.